The Morgan fingerprint density at radius 3 is 2.86 bits per heavy atom. The zero-order valence-electron chi connectivity index (χ0n) is 16.0. The Morgan fingerprint density at radius 2 is 2.03 bits per heavy atom. The minimum atomic E-state index is -1.19. The number of fused-ring (bicyclic) bond motifs is 6. The van der Waals surface area contributed by atoms with Gasteiger partial charge in [-0.1, -0.05) is 6.07 Å². The number of aromatic nitrogens is 6. The number of aliphatic hydroxyl groups excluding tert-OH is 1. The van der Waals surface area contributed by atoms with Crippen molar-refractivity contribution in [3.05, 3.63) is 53.9 Å². The van der Waals surface area contributed by atoms with E-state index in [1.54, 1.807) is 4.40 Å². The van der Waals surface area contributed by atoms with Crippen LogP contribution in [0.2, 0.25) is 0 Å². The highest BCUT2D eigenvalue weighted by Crippen LogP contribution is 2.52. The zero-order chi connectivity index (χ0) is 19.7. The third-order valence-electron chi connectivity index (χ3n) is 6.17. The first-order valence-corrected chi connectivity index (χ1v) is 9.95. The van der Waals surface area contributed by atoms with Crippen LogP contribution in [0.25, 0.3) is 28.3 Å². The Bertz CT molecular complexity index is 1260. The Kier molecular flexibility index (Phi) is 3.45. The molecule has 8 nitrogen and oxygen atoms in total. The molecule has 2 bridgehead atoms. The van der Waals surface area contributed by atoms with Crippen molar-refractivity contribution in [2.24, 2.45) is 5.73 Å². The molecular formula is C21H21N7O. The van der Waals surface area contributed by atoms with Crippen molar-refractivity contribution in [3.8, 4) is 22.6 Å². The Balaban J connectivity index is 1.62. The monoisotopic (exact) mass is 387 g/mol. The van der Waals surface area contributed by atoms with Gasteiger partial charge < -0.3 is 9.67 Å². The van der Waals surface area contributed by atoms with Gasteiger partial charge in [0.25, 0.3) is 0 Å². The molecular weight excluding hydrogens is 366 g/mol. The van der Waals surface area contributed by atoms with Crippen molar-refractivity contribution in [2.75, 3.05) is 0 Å². The van der Waals surface area contributed by atoms with Crippen LogP contribution in [0, 0.1) is 6.92 Å². The van der Waals surface area contributed by atoms with E-state index in [0.717, 1.165) is 34.2 Å². The van der Waals surface area contributed by atoms with Gasteiger partial charge in [-0.3, -0.25) is 15.1 Å². The summed E-state index contributed by atoms with van der Waals surface area (Å²) in [6.07, 6.45) is 4.30. The van der Waals surface area contributed by atoms with Gasteiger partial charge in [-0.25, -0.2) is 4.98 Å². The fourth-order valence-corrected chi connectivity index (χ4v) is 4.91. The SMILES string of the molecule is Cc1cccc(-c2nc3n(c2-c2ccc4nnc(C(N)O)n4c2)C2CCC3C2)n1. The summed E-state index contributed by atoms with van der Waals surface area (Å²) in [5, 5.41) is 18.0. The molecule has 1 saturated carbocycles. The predicted octanol–water partition coefficient (Wildman–Crippen LogP) is 2.74. The van der Waals surface area contributed by atoms with Crippen molar-refractivity contribution >= 4 is 5.65 Å². The molecule has 6 rings (SSSR count). The maximum absolute atomic E-state index is 9.86. The van der Waals surface area contributed by atoms with Crippen molar-refractivity contribution in [1.82, 2.24) is 29.1 Å². The highest BCUT2D eigenvalue weighted by molar-refractivity contribution is 5.78. The Labute approximate surface area is 167 Å². The molecule has 1 aliphatic heterocycles. The van der Waals surface area contributed by atoms with Gasteiger partial charge in [-0.15, -0.1) is 10.2 Å². The molecule has 146 valence electrons. The molecule has 1 aliphatic carbocycles. The molecule has 2 aliphatic rings. The van der Waals surface area contributed by atoms with E-state index in [2.05, 4.69) is 14.8 Å². The van der Waals surface area contributed by atoms with Crippen LogP contribution in [0.1, 0.15) is 54.8 Å². The maximum atomic E-state index is 9.86. The number of rotatable bonds is 3. The summed E-state index contributed by atoms with van der Waals surface area (Å²) in [4.78, 5) is 9.82. The standard InChI is InChI=1S/C21H21N7O/c1-11-3-2-4-15(23-11)17-18(28-14-7-5-12(9-14)20(28)24-17)13-6-8-16-25-26-21(19(22)29)27(16)10-13/h2-4,6,8,10,12,14,19,29H,5,7,9,22H2,1H3. The van der Waals surface area contributed by atoms with Gasteiger partial charge in [0.2, 0.25) is 0 Å². The van der Waals surface area contributed by atoms with E-state index in [1.165, 1.54) is 19.3 Å². The Morgan fingerprint density at radius 1 is 1.14 bits per heavy atom. The van der Waals surface area contributed by atoms with Crippen molar-refractivity contribution in [3.63, 3.8) is 0 Å². The first-order chi connectivity index (χ1) is 14.1. The first kappa shape index (κ1) is 16.8. The van der Waals surface area contributed by atoms with Crippen LogP contribution < -0.4 is 5.73 Å². The van der Waals surface area contributed by atoms with Crippen LogP contribution in [0.3, 0.4) is 0 Å². The molecule has 0 saturated heterocycles. The summed E-state index contributed by atoms with van der Waals surface area (Å²) in [6, 6.07) is 10.4. The predicted molar refractivity (Wildman–Crippen MR) is 107 cm³/mol. The smallest absolute Gasteiger partial charge is 0.181 e. The molecule has 0 radical (unpaired) electrons. The molecule has 0 spiro atoms. The van der Waals surface area contributed by atoms with Gasteiger partial charge in [0.05, 0.1) is 11.4 Å². The summed E-state index contributed by atoms with van der Waals surface area (Å²) in [7, 11) is 0. The van der Waals surface area contributed by atoms with Crippen LogP contribution in [-0.2, 0) is 0 Å². The summed E-state index contributed by atoms with van der Waals surface area (Å²) in [5.74, 6) is 2.01. The van der Waals surface area contributed by atoms with E-state index >= 15 is 0 Å². The number of imidazole rings is 1. The zero-order valence-corrected chi connectivity index (χ0v) is 16.0. The summed E-state index contributed by atoms with van der Waals surface area (Å²) in [5.41, 5.74) is 11.1. The van der Waals surface area contributed by atoms with Gasteiger partial charge in [-0.2, -0.15) is 0 Å². The molecule has 0 aromatic carbocycles. The number of aryl methyl sites for hydroxylation is 1. The molecule has 1 fully saturated rings. The van der Waals surface area contributed by atoms with Crippen LogP contribution in [0.5, 0.6) is 0 Å². The van der Waals surface area contributed by atoms with Gasteiger partial charge in [-0.05, 0) is 50.5 Å². The number of hydrogen-bond acceptors (Lipinski definition) is 6. The lowest BCUT2D eigenvalue weighted by atomic mass is 10.1. The number of aliphatic hydroxyl groups is 1. The second-order valence-corrected chi connectivity index (χ2v) is 8.01. The van der Waals surface area contributed by atoms with Crippen molar-refractivity contribution in [2.45, 2.75) is 44.4 Å². The average Bonchev–Trinajstić information content (AvgIpc) is 3.46. The van der Waals surface area contributed by atoms with Gasteiger partial charge in [0.1, 0.15) is 11.5 Å². The molecule has 4 aromatic heterocycles. The van der Waals surface area contributed by atoms with E-state index < -0.39 is 6.23 Å². The first-order valence-electron chi connectivity index (χ1n) is 9.95. The van der Waals surface area contributed by atoms with E-state index in [-0.39, 0.29) is 0 Å². The van der Waals surface area contributed by atoms with E-state index in [9.17, 15) is 5.11 Å². The number of nitrogens with zero attached hydrogens (tertiary/aromatic N) is 6. The normalized spacial score (nSPS) is 21.1. The highest BCUT2D eigenvalue weighted by Gasteiger charge is 2.41. The Hall–Kier alpha value is -3.10. The van der Waals surface area contributed by atoms with Crippen molar-refractivity contribution < 1.29 is 5.11 Å². The fraction of sp³-hybridized carbons (Fsp3) is 0.333. The van der Waals surface area contributed by atoms with Crippen LogP contribution in [0.4, 0.5) is 0 Å². The van der Waals surface area contributed by atoms with E-state index in [1.807, 2.05) is 43.5 Å². The quantitative estimate of drug-likeness (QED) is 0.524. The number of nitrogens with two attached hydrogens (primary N) is 1. The average molecular weight is 387 g/mol. The lowest BCUT2D eigenvalue weighted by Crippen LogP contribution is -2.13. The fourth-order valence-electron chi connectivity index (χ4n) is 4.91. The lowest BCUT2D eigenvalue weighted by molar-refractivity contribution is 0.175. The van der Waals surface area contributed by atoms with Gasteiger partial charge in [0, 0.05) is 29.4 Å². The molecule has 4 aromatic rings. The lowest BCUT2D eigenvalue weighted by Gasteiger charge is -2.17. The second-order valence-electron chi connectivity index (χ2n) is 8.01. The highest BCUT2D eigenvalue weighted by atomic mass is 16.3. The summed E-state index contributed by atoms with van der Waals surface area (Å²) in [6.45, 7) is 1.99. The molecule has 8 heteroatoms. The second kappa shape index (κ2) is 5.95. The van der Waals surface area contributed by atoms with Crippen LogP contribution in [0.15, 0.2) is 36.5 Å². The van der Waals surface area contributed by atoms with Crippen LogP contribution in [-0.4, -0.2) is 34.2 Å². The third kappa shape index (κ3) is 2.39. The molecule has 3 unspecified atom stereocenters. The summed E-state index contributed by atoms with van der Waals surface area (Å²) >= 11 is 0. The van der Waals surface area contributed by atoms with Crippen molar-refractivity contribution in [1.29, 1.82) is 0 Å². The maximum Gasteiger partial charge on any atom is 0.181 e. The number of hydrogen-bond donors (Lipinski definition) is 2. The van der Waals surface area contributed by atoms with Gasteiger partial charge in [0.15, 0.2) is 17.7 Å². The third-order valence-corrected chi connectivity index (χ3v) is 6.17. The van der Waals surface area contributed by atoms with E-state index in [0.29, 0.717) is 23.4 Å². The minimum absolute atomic E-state index is 0.319. The molecule has 0 amide bonds. The van der Waals surface area contributed by atoms with Crippen LogP contribution >= 0.6 is 0 Å². The summed E-state index contributed by atoms with van der Waals surface area (Å²) < 4.78 is 4.15. The largest absolute Gasteiger partial charge is 0.371 e. The molecule has 3 N–H and O–H groups in total. The van der Waals surface area contributed by atoms with E-state index in [4.69, 9.17) is 15.7 Å². The molecule has 29 heavy (non-hydrogen) atoms. The van der Waals surface area contributed by atoms with Gasteiger partial charge >= 0.3 is 0 Å². The molecule has 5 heterocycles. The minimum Gasteiger partial charge on any atom is -0.371 e. The number of pyridine rings is 2. The molecule has 3 atom stereocenters. The topological polar surface area (TPSA) is 107 Å².